The number of halogens is 1. The molecule has 0 heterocycles. The highest BCUT2D eigenvalue weighted by Gasteiger charge is 2.22. The Balaban J connectivity index is 2.57. The lowest BCUT2D eigenvalue weighted by Crippen LogP contribution is -2.33. The first-order valence-electron chi connectivity index (χ1n) is 5.43. The predicted molar refractivity (Wildman–Crippen MR) is 67.4 cm³/mol. The van der Waals surface area contributed by atoms with Gasteiger partial charge in [-0.2, -0.15) is 0 Å². The summed E-state index contributed by atoms with van der Waals surface area (Å²) in [6.45, 7) is 7.11. The van der Waals surface area contributed by atoms with Gasteiger partial charge in [0.25, 0.3) is 0 Å². The van der Waals surface area contributed by atoms with E-state index in [2.05, 4.69) is 0 Å². The molecule has 94 valence electrons. The molecular weight excluding hydrogens is 240 g/mol. The molecule has 1 atom stereocenters. The molecule has 0 radical (unpaired) electrons. The highest BCUT2D eigenvalue weighted by atomic mass is 35.5. The van der Waals surface area contributed by atoms with Crippen LogP contribution in [-0.2, 0) is 9.53 Å². The number of esters is 1. The molecule has 1 unspecified atom stereocenters. The quantitative estimate of drug-likeness (QED) is 0.777. The first-order valence-corrected chi connectivity index (χ1v) is 5.81. The van der Waals surface area contributed by atoms with Crippen LogP contribution >= 0.6 is 11.6 Å². The summed E-state index contributed by atoms with van der Waals surface area (Å²) in [6, 6.07) is 6.84. The minimum atomic E-state index is -0.643. The van der Waals surface area contributed by atoms with E-state index in [4.69, 9.17) is 21.1 Å². The van der Waals surface area contributed by atoms with Gasteiger partial charge in [0.2, 0.25) is 0 Å². The predicted octanol–water partition coefficient (Wildman–Crippen LogP) is 3.45. The van der Waals surface area contributed by atoms with E-state index in [9.17, 15) is 4.79 Å². The second kappa shape index (κ2) is 5.41. The Bertz CT molecular complexity index is 379. The lowest BCUT2D eigenvalue weighted by atomic mass is 10.2. The lowest BCUT2D eigenvalue weighted by molar-refractivity contribution is -0.162. The average Bonchev–Trinajstić information content (AvgIpc) is 2.19. The Labute approximate surface area is 107 Å². The lowest BCUT2D eigenvalue weighted by Gasteiger charge is -2.22. The molecule has 0 saturated heterocycles. The minimum Gasteiger partial charge on any atom is -0.479 e. The summed E-state index contributed by atoms with van der Waals surface area (Å²) in [7, 11) is 0. The zero-order valence-corrected chi connectivity index (χ0v) is 11.2. The van der Waals surface area contributed by atoms with Crippen molar-refractivity contribution < 1.29 is 14.3 Å². The van der Waals surface area contributed by atoms with Gasteiger partial charge in [-0.1, -0.05) is 11.6 Å². The smallest absolute Gasteiger partial charge is 0.347 e. The van der Waals surface area contributed by atoms with Gasteiger partial charge >= 0.3 is 5.97 Å². The van der Waals surface area contributed by atoms with E-state index in [1.54, 1.807) is 31.2 Å². The van der Waals surface area contributed by atoms with Gasteiger partial charge in [0.15, 0.2) is 6.10 Å². The molecule has 0 aliphatic rings. The van der Waals surface area contributed by atoms with Crippen molar-refractivity contribution in [3.63, 3.8) is 0 Å². The van der Waals surface area contributed by atoms with Crippen LogP contribution in [-0.4, -0.2) is 17.7 Å². The van der Waals surface area contributed by atoms with Crippen LogP contribution in [0.15, 0.2) is 24.3 Å². The van der Waals surface area contributed by atoms with Gasteiger partial charge in [0.1, 0.15) is 11.4 Å². The highest BCUT2D eigenvalue weighted by molar-refractivity contribution is 6.30. The van der Waals surface area contributed by atoms with Gasteiger partial charge in [-0.3, -0.25) is 0 Å². The van der Waals surface area contributed by atoms with Crippen molar-refractivity contribution >= 4 is 17.6 Å². The van der Waals surface area contributed by atoms with Crippen LogP contribution in [0.1, 0.15) is 27.7 Å². The van der Waals surface area contributed by atoms with Gasteiger partial charge in [0.05, 0.1) is 0 Å². The Morgan fingerprint density at radius 3 is 2.24 bits per heavy atom. The van der Waals surface area contributed by atoms with E-state index in [0.717, 1.165) is 0 Å². The highest BCUT2D eigenvalue weighted by Crippen LogP contribution is 2.18. The summed E-state index contributed by atoms with van der Waals surface area (Å²) in [4.78, 5) is 11.7. The third-order valence-electron chi connectivity index (χ3n) is 1.87. The first-order chi connectivity index (χ1) is 7.78. The summed E-state index contributed by atoms with van der Waals surface area (Å²) in [6.07, 6.45) is -0.643. The average molecular weight is 257 g/mol. The SMILES string of the molecule is CC(Oc1ccc(Cl)cc1)C(=O)OC(C)(C)C. The molecule has 0 saturated carbocycles. The molecule has 0 aromatic heterocycles. The van der Waals surface area contributed by atoms with Gasteiger partial charge in [0, 0.05) is 5.02 Å². The van der Waals surface area contributed by atoms with E-state index in [1.807, 2.05) is 20.8 Å². The summed E-state index contributed by atoms with van der Waals surface area (Å²) < 4.78 is 10.6. The molecule has 1 aromatic carbocycles. The monoisotopic (exact) mass is 256 g/mol. The molecule has 17 heavy (non-hydrogen) atoms. The molecule has 1 aromatic rings. The van der Waals surface area contributed by atoms with Crippen molar-refractivity contribution in [3.05, 3.63) is 29.3 Å². The third-order valence-corrected chi connectivity index (χ3v) is 2.12. The Morgan fingerprint density at radius 2 is 1.76 bits per heavy atom. The maximum absolute atomic E-state index is 11.7. The minimum absolute atomic E-state index is 0.382. The second-order valence-corrected chi connectivity index (χ2v) is 5.18. The second-order valence-electron chi connectivity index (χ2n) is 4.75. The Hall–Kier alpha value is -1.22. The molecule has 0 aliphatic carbocycles. The van der Waals surface area contributed by atoms with E-state index >= 15 is 0 Å². The number of ether oxygens (including phenoxy) is 2. The van der Waals surface area contributed by atoms with Crippen LogP contribution in [0.3, 0.4) is 0 Å². The maximum Gasteiger partial charge on any atom is 0.347 e. The zero-order chi connectivity index (χ0) is 13.1. The topological polar surface area (TPSA) is 35.5 Å². The van der Waals surface area contributed by atoms with Crippen LogP contribution < -0.4 is 4.74 Å². The van der Waals surface area contributed by atoms with Crippen molar-refractivity contribution in [2.75, 3.05) is 0 Å². The number of hydrogen-bond acceptors (Lipinski definition) is 3. The third kappa shape index (κ3) is 5.09. The number of carbonyl (C=O) groups is 1. The molecule has 0 fully saturated rings. The number of carbonyl (C=O) groups excluding carboxylic acids is 1. The molecule has 3 nitrogen and oxygen atoms in total. The fraction of sp³-hybridized carbons (Fsp3) is 0.462. The molecule has 0 N–H and O–H groups in total. The van der Waals surface area contributed by atoms with Crippen LogP contribution in [0.25, 0.3) is 0 Å². The summed E-state index contributed by atoms with van der Waals surface area (Å²) in [5.74, 6) is 0.209. The van der Waals surface area contributed by atoms with E-state index in [0.29, 0.717) is 10.8 Å². The fourth-order valence-electron chi connectivity index (χ4n) is 1.15. The van der Waals surface area contributed by atoms with Gasteiger partial charge in [-0.05, 0) is 52.0 Å². The van der Waals surface area contributed by atoms with Crippen molar-refractivity contribution in [1.82, 2.24) is 0 Å². The molecule has 0 bridgehead atoms. The molecule has 0 spiro atoms. The van der Waals surface area contributed by atoms with Crippen LogP contribution in [0.5, 0.6) is 5.75 Å². The van der Waals surface area contributed by atoms with Crippen molar-refractivity contribution in [1.29, 1.82) is 0 Å². The number of rotatable bonds is 3. The van der Waals surface area contributed by atoms with Crippen molar-refractivity contribution in [2.45, 2.75) is 39.4 Å². The molecule has 1 rings (SSSR count). The first kappa shape index (κ1) is 13.8. The van der Waals surface area contributed by atoms with Gasteiger partial charge in [-0.15, -0.1) is 0 Å². The standard InChI is InChI=1S/C13H17ClO3/c1-9(12(15)17-13(2,3)4)16-11-7-5-10(14)6-8-11/h5-9H,1-4H3. The van der Waals surface area contributed by atoms with Crippen molar-refractivity contribution in [2.24, 2.45) is 0 Å². The number of benzene rings is 1. The van der Waals surface area contributed by atoms with Crippen LogP contribution in [0, 0.1) is 0 Å². The zero-order valence-electron chi connectivity index (χ0n) is 10.5. The fourth-order valence-corrected chi connectivity index (χ4v) is 1.28. The molecule has 0 amide bonds. The van der Waals surface area contributed by atoms with E-state index in [1.165, 1.54) is 0 Å². The summed E-state index contributed by atoms with van der Waals surface area (Å²) in [5.41, 5.74) is -0.505. The summed E-state index contributed by atoms with van der Waals surface area (Å²) >= 11 is 5.75. The van der Waals surface area contributed by atoms with Gasteiger partial charge < -0.3 is 9.47 Å². The van der Waals surface area contributed by atoms with Crippen molar-refractivity contribution in [3.8, 4) is 5.75 Å². The summed E-state index contributed by atoms with van der Waals surface area (Å²) in [5, 5.41) is 0.627. The van der Waals surface area contributed by atoms with E-state index in [-0.39, 0.29) is 5.97 Å². The number of hydrogen-bond donors (Lipinski definition) is 0. The van der Waals surface area contributed by atoms with Crippen LogP contribution in [0.4, 0.5) is 0 Å². The largest absolute Gasteiger partial charge is 0.479 e. The molecular formula is C13H17ClO3. The Morgan fingerprint density at radius 1 is 1.24 bits per heavy atom. The maximum atomic E-state index is 11.7. The van der Waals surface area contributed by atoms with Crippen LogP contribution in [0.2, 0.25) is 5.02 Å². The van der Waals surface area contributed by atoms with E-state index < -0.39 is 11.7 Å². The normalized spacial score (nSPS) is 13.0. The Kier molecular flexibility index (Phi) is 4.40. The van der Waals surface area contributed by atoms with Gasteiger partial charge in [-0.25, -0.2) is 4.79 Å². The molecule has 0 aliphatic heterocycles. The molecule has 4 heteroatoms.